The Hall–Kier alpha value is -2.29. The predicted molar refractivity (Wildman–Crippen MR) is 88.4 cm³/mol. The highest BCUT2D eigenvalue weighted by molar-refractivity contribution is 7.09. The number of guanidine groups is 1. The van der Waals surface area contributed by atoms with E-state index in [4.69, 9.17) is 5.73 Å². The van der Waals surface area contributed by atoms with Crippen LogP contribution in [0.4, 0.5) is 18.9 Å². The van der Waals surface area contributed by atoms with E-state index in [0.29, 0.717) is 12.2 Å². The van der Waals surface area contributed by atoms with Gasteiger partial charge in [-0.05, 0) is 37.6 Å². The maximum absolute atomic E-state index is 12.1. The molecule has 0 aliphatic rings. The number of aromatic nitrogens is 1. The van der Waals surface area contributed by atoms with Crippen molar-refractivity contribution in [2.24, 2.45) is 10.7 Å². The van der Waals surface area contributed by atoms with Gasteiger partial charge in [0, 0.05) is 29.7 Å². The van der Waals surface area contributed by atoms with Crippen LogP contribution in [0.25, 0.3) is 0 Å². The van der Waals surface area contributed by atoms with E-state index in [9.17, 15) is 13.2 Å². The number of nitrogens with two attached hydrogens (primary N) is 1. The first-order valence-electron chi connectivity index (χ1n) is 7.15. The van der Waals surface area contributed by atoms with Crippen LogP contribution in [-0.2, 0) is 6.42 Å². The molecule has 0 saturated carbocycles. The normalized spacial score (nSPS) is 12.2. The van der Waals surface area contributed by atoms with Gasteiger partial charge in [-0.25, -0.2) is 4.98 Å². The molecule has 130 valence electrons. The number of benzene rings is 1. The number of aryl methyl sites for hydroxylation is 2. The maximum atomic E-state index is 12.1. The summed E-state index contributed by atoms with van der Waals surface area (Å²) in [6.45, 7) is 2.48. The van der Waals surface area contributed by atoms with E-state index in [1.54, 1.807) is 11.3 Å². The summed E-state index contributed by atoms with van der Waals surface area (Å²) in [5, 5.41) is 5.88. The van der Waals surface area contributed by atoms with E-state index in [1.165, 1.54) is 24.3 Å². The summed E-state index contributed by atoms with van der Waals surface area (Å²) in [6.07, 6.45) is -3.06. The fourth-order valence-electron chi connectivity index (χ4n) is 1.87. The quantitative estimate of drug-likeness (QED) is 0.469. The average Bonchev–Trinajstić information content (AvgIpc) is 2.90. The van der Waals surface area contributed by atoms with Crippen LogP contribution in [0, 0.1) is 6.92 Å². The monoisotopic (exact) mass is 358 g/mol. The minimum Gasteiger partial charge on any atom is -0.406 e. The van der Waals surface area contributed by atoms with Crippen molar-refractivity contribution in [2.45, 2.75) is 26.1 Å². The number of hydrogen-bond acceptors (Lipinski definition) is 4. The van der Waals surface area contributed by atoms with Gasteiger partial charge in [-0.3, -0.25) is 4.99 Å². The number of aliphatic imine (C=N–C) groups is 1. The Morgan fingerprint density at radius 2 is 2.04 bits per heavy atom. The fourth-order valence-corrected chi connectivity index (χ4v) is 2.69. The molecule has 1 aromatic carbocycles. The van der Waals surface area contributed by atoms with E-state index >= 15 is 0 Å². The van der Waals surface area contributed by atoms with E-state index in [2.05, 4.69) is 20.0 Å². The summed E-state index contributed by atoms with van der Waals surface area (Å²) in [6, 6.07) is 5.27. The molecular weight excluding hydrogens is 341 g/mol. The van der Waals surface area contributed by atoms with Gasteiger partial charge in [0.05, 0.1) is 5.01 Å². The largest absolute Gasteiger partial charge is 0.573 e. The second kappa shape index (κ2) is 8.00. The van der Waals surface area contributed by atoms with Gasteiger partial charge in [0.25, 0.3) is 0 Å². The van der Waals surface area contributed by atoms with Crippen LogP contribution >= 0.6 is 11.3 Å². The van der Waals surface area contributed by atoms with Crippen molar-refractivity contribution in [1.82, 2.24) is 4.98 Å². The topological polar surface area (TPSA) is 72.5 Å². The Morgan fingerprint density at radius 3 is 2.62 bits per heavy atom. The summed E-state index contributed by atoms with van der Waals surface area (Å²) in [5.41, 5.74) is 7.28. The van der Waals surface area contributed by atoms with Crippen molar-refractivity contribution in [1.29, 1.82) is 0 Å². The van der Waals surface area contributed by atoms with Gasteiger partial charge in [-0.2, -0.15) is 0 Å². The molecule has 0 radical (unpaired) electrons. The number of anilines is 1. The molecule has 0 atom stereocenters. The average molecular weight is 358 g/mol. The molecule has 0 amide bonds. The van der Waals surface area contributed by atoms with E-state index in [1.807, 2.05) is 12.3 Å². The van der Waals surface area contributed by atoms with Crippen LogP contribution in [0.5, 0.6) is 5.75 Å². The summed E-state index contributed by atoms with van der Waals surface area (Å²) in [7, 11) is 0. The SMILES string of the molecule is Cc1csc(CCCN=C(N)Nc2ccc(OC(F)(F)F)cc2)n1. The minimum atomic E-state index is -4.70. The molecule has 2 rings (SSSR count). The molecule has 9 heteroatoms. The Labute approximate surface area is 141 Å². The van der Waals surface area contributed by atoms with Gasteiger partial charge >= 0.3 is 6.36 Å². The number of alkyl halides is 3. The van der Waals surface area contributed by atoms with E-state index in [0.717, 1.165) is 23.5 Å². The minimum absolute atomic E-state index is 0.204. The number of hydrogen-bond donors (Lipinski definition) is 2. The zero-order valence-electron chi connectivity index (χ0n) is 12.9. The number of nitrogens with one attached hydrogen (secondary N) is 1. The van der Waals surface area contributed by atoms with E-state index in [-0.39, 0.29) is 11.7 Å². The molecule has 0 saturated heterocycles. The molecule has 0 bridgehead atoms. The van der Waals surface area contributed by atoms with Crippen molar-refractivity contribution in [2.75, 3.05) is 11.9 Å². The highest BCUT2D eigenvalue weighted by Crippen LogP contribution is 2.23. The molecule has 3 N–H and O–H groups in total. The molecule has 1 heterocycles. The van der Waals surface area contributed by atoms with Crippen molar-refractivity contribution in [3.8, 4) is 5.75 Å². The summed E-state index contributed by atoms with van der Waals surface area (Å²) >= 11 is 1.62. The highest BCUT2D eigenvalue weighted by Gasteiger charge is 2.30. The zero-order chi connectivity index (χ0) is 17.6. The molecule has 0 aliphatic carbocycles. The lowest BCUT2D eigenvalue weighted by Crippen LogP contribution is -2.23. The van der Waals surface area contributed by atoms with Crippen molar-refractivity contribution in [3.63, 3.8) is 0 Å². The van der Waals surface area contributed by atoms with Crippen LogP contribution in [0.15, 0.2) is 34.6 Å². The Morgan fingerprint density at radius 1 is 1.33 bits per heavy atom. The lowest BCUT2D eigenvalue weighted by Gasteiger charge is -2.10. The van der Waals surface area contributed by atoms with Crippen molar-refractivity contribution in [3.05, 3.63) is 40.3 Å². The van der Waals surface area contributed by atoms with E-state index < -0.39 is 6.36 Å². The Bertz CT molecular complexity index is 683. The fraction of sp³-hybridized carbons (Fsp3) is 0.333. The lowest BCUT2D eigenvalue weighted by atomic mass is 10.3. The first kappa shape index (κ1) is 18.1. The standard InChI is InChI=1S/C15H17F3N4OS/c1-10-9-24-13(21-10)3-2-8-20-14(19)22-11-4-6-12(7-5-11)23-15(16,17)18/h4-7,9H,2-3,8H2,1H3,(H3,19,20,22). The summed E-state index contributed by atoms with van der Waals surface area (Å²) < 4.78 is 40.0. The Kier molecular flexibility index (Phi) is 6.02. The predicted octanol–water partition coefficient (Wildman–Crippen LogP) is 3.71. The number of halogens is 3. The molecule has 0 fully saturated rings. The molecule has 0 unspecified atom stereocenters. The third kappa shape index (κ3) is 6.45. The second-order valence-electron chi connectivity index (χ2n) is 4.95. The van der Waals surface area contributed by atoms with Crippen LogP contribution in [0.2, 0.25) is 0 Å². The first-order chi connectivity index (χ1) is 11.3. The number of rotatable bonds is 6. The van der Waals surface area contributed by atoms with Gasteiger partial charge < -0.3 is 15.8 Å². The molecule has 5 nitrogen and oxygen atoms in total. The number of nitrogens with zero attached hydrogens (tertiary/aromatic N) is 2. The first-order valence-corrected chi connectivity index (χ1v) is 8.03. The molecule has 0 aliphatic heterocycles. The summed E-state index contributed by atoms with van der Waals surface area (Å²) in [4.78, 5) is 8.53. The Balaban J connectivity index is 1.77. The van der Waals surface area contributed by atoms with Gasteiger partial charge in [0.1, 0.15) is 5.75 Å². The zero-order valence-corrected chi connectivity index (χ0v) is 13.7. The van der Waals surface area contributed by atoms with Crippen molar-refractivity contribution < 1.29 is 17.9 Å². The molecular formula is C15H17F3N4OS. The van der Waals surface area contributed by atoms with Crippen LogP contribution in [0.1, 0.15) is 17.1 Å². The van der Waals surface area contributed by atoms with Crippen LogP contribution in [0.3, 0.4) is 0 Å². The third-order valence-corrected chi connectivity index (χ3v) is 3.88. The number of ether oxygens (including phenoxy) is 1. The molecule has 0 spiro atoms. The number of thiazole rings is 1. The van der Waals surface area contributed by atoms with Crippen molar-refractivity contribution >= 4 is 23.0 Å². The van der Waals surface area contributed by atoms with Crippen LogP contribution < -0.4 is 15.8 Å². The summed E-state index contributed by atoms with van der Waals surface area (Å²) in [5.74, 6) is -0.0860. The second-order valence-corrected chi connectivity index (χ2v) is 5.89. The van der Waals surface area contributed by atoms with Gasteiger partial charge in [-0.1, -0.05) is 0 Å². The molecule has 2 aromatic rings. The maximum Gasteiger partial charge on any atom is 0.573 e. The van der Waals surface area contributed by atoms with Gasteiger partial charge in [-0.15, -0.1) is 24.5 Å². The van der Waals surface area contributed by atoms with Gasteiger partial charge in [0.2, 0.25) is 0 Å². The lowest BCUT2D eigenvalue weighted by molar-refractivity contribution is -0.274. The van der Waals surface area contributed by atoms with Gasteiger partial charge in [0.15, 0.2) is 5.96 Å². The third-order valence-electron chi connectivity index (χ3n) is 2.86. The highest BCUT2D eigenvalue weighted by atomic mass is 32.1. The smallest absolute Gasteiger partial charge is 0.406 e. The molecule has 1 aromatic heterocycles. The molecule has 24 heavy (non-hydrogen) atoms. The van der Waals surface area contributed by atoms with Crippen LogP contribution in [-0.4, -0.2) is 23.9 Å².